The van der Waals surface area contributed by atoms with E-state index in [1.54, 1.807) is 6.20 Å². The fourth-order valence-electron chi connectivity index (χ4n) is 1.22. The van der Waals surface area contributed by atoms with Gasteiger partial charge in [-0.05, 0) is 0 Å². The summed E-state index contributed by atoms with van der Waals surface area (Å²) < 4.78 is 0. The van der Waals surface area contributed by atoms with E-state index in [1.807, 2.05) is 0 Å². The third-order valence-electron chi connectivity index (χ3n) is 1.86. The first-order valence-electron chi connectivity index (χ1n) is 4.08. The standard InChI is InChI=1S/C7H4ClN7/c8-5-4-3(1-10-14-4)12-7(13-5)6-9-2-11-15-6/h1-2H,(H,10,14)(H,9,11,15). The number of fused-ring (bicyclic) bond motifs is 1. The summed E-state index contributed by atoms with van der Waals surface area (Å²) in [6.45, 7) is 0. The first-order chi connectivity index (χ1) is 7.34. The van der Waals surface area contributed by atoms with Gasteiger partial charge < -0.3 is 0 Å². The van der Waals surface area contributed by atoms with Crippen LogP contribution < -0.4 is 0 Å². The molecule has 15 heavy (non-hydrogen) atoms. The fourth-order valence-corrected chi connectivity index (χ4v) is 1.44. The largest absolute Gasteiger partial charge is 0.283 e. The maximum absolute atomic E-state index is 5.92. The molecule has 0 spiro atoms. The highest BCUT2D eigenvalue weighted by molar-refractivity contribution is 6.33. The van der Waals surface area contributed by atoms with Crippen LogP contribution in [0.2, 0.25) is 5.15 Å². The Labute approximate surface area is 87.9 Å². The molecule has 3 heterocycles. The summed E-state index contributed by atoms with van der Waals surface area (Å²) in [4.78, 5) is 12.2. The van der Waals surface area contributed by atoms with Crippen molar-refractivity contribution in [2.75, 3.05) is 0 Å². The van der Waals surface area contributed by atoms with Gasteiger partial charge in [0.05, 0.1) is 0 Å². The quantitative estimate of drug-likeness (QED) is 0.593. The second-order valence-corrected chi connectivity index (χ2v) is 3.14. The number of hydrogen-bond donors (Lipinski definition) is 2. The zero-order chi connectivity index (χ0) is 10.3. The van der Waals surface area contributed by atoms with Crippen molar-refractivity contribution in [3.63, 3.8) is 0 Å². The molecule has 0 radical (unpaired) electrons. The van der Waals surface area contributed by atoms with Crippen molar-refractivity contribution in [1.29, 1.82) is 0 Å². The SMILES string of the molecule is Clc1nc(-c2nc[nH]n2)nc2c[nH]nc12. The maximum Gasteiger partial charge on any atom is 0.218 e. The molecule has 2 N–H and O–H groups in total. The van der Waals surface area contributed by atoms with Gasteiger partial charge in [-0.25, -0.2) is 15.0 Å². The summed E-state index contributed by atoms with van der Waals surface area (Å²) in [6, 6.07) is 0. The van der Waals surface area contributed by atoms with Gasteiger partial charge in [-0.2, -0.15) is 10.2 Å². The minimum absolute atomic E-state index is 0.279. The van der Waals surface area contributed by atoms with E-state index >= 15 is 0 Å². The van der Waals surface area contributed by atoms with Crippen LogP contribution in [0.4, 0.5) is 0 Å². The van der Waals surface area contributed by atoms with E-state index in [0.29, 0.717) is 22.7 Å². The van der Waals surface area contributed by atoms with Crippen LogP contribution in [0.25, 0.3) is 22.7 Å². The zero-order valence-electron chi connectivity index (χ0n) is 7.27. The van der Waals surface area contributed by atoms with Crippen LogP contribution in [0.3, 0.4) is 0 Å². The molecular weight excluding hydrogens is 218 g/mol. The normalized spacial score (nSPS) is 11.0. The van der Waals surface area contributed by atoms with Gasteiger partial charge in [0.2, 0.25) is 11.6 Å². The van der Waals surface area contributed by atoms with E-state index in [-0.39, 0.29) is 5.15 Å². The predicted molar refractivity (Wildman–Crippen MR) is 52.1 cm³/mol. The highest BCUT2D eigenvalue weighted by atomic mass is 35.5. The van der Waals surface area contributed by atoms with E-state index in [9.17, 15) is 0 Å². The molecule has 0 bridgehead atoms. The Kier molecular flexibility index (Phi) is 1.65. The predicted octanol–water partition coefficient (Wildman–Crippen LogP) is 0.791. The number of aromatic nitrogens is 7. The van der Waals surface area contributed by atoms with Crippen molar-refractivity contribution in [3.8, 4) is 11.6 Å². The van der Waals surface area contributed by atoms with Crippen LogP contribution in [0, 0.1) is 0 Å². The van der Waals surface area contributed by atoms with Gasteiger partial charge in [0.25, 0.3) is 0 Å². The molecule has 74 valence electrons. The minimum Gasteiger partial charge on any atom is -0.283 e. The number of aromatic amines is 2. The Bertz CT molecular complexity index is 599. The third-order valence-corrected chi connectivity index (χ3v) is 2.12. The van der Waals surface area contributed by atoms with Gasteiger partial charge in [0.15, 0.2) is 5.15 Å². The molecule has 3 aromatic rings. The number of hydrogen-bond acceptors (Lipinski definition) is 5. The van der Waals surface area contributed by atoms with Crippen LogP contribution in [-0.4, -0.2) is 35.3 Å². The molecule has 0 unspecified atom stereocenters. The zero-order valence-corrected chi connectivity index (χ0v) is 8.02. The molecule has 0 aliphatic rings. The van der Waals surface area contributed by atoms with Crippen LogP contribution in [0.5, 0.6) is 0 Å². The lowest BCUT2D eigenvalue weighted by atomic mass is 10.4. The van der Waals surface area contributed by atoms with Gasteiger partial charge in [-0.3, -0.25) is 10.2 Å². The van der Waals surface area contributed by atoms with Crippen molar-refractivity contribution >= 4 is 22.6 Å². The maximum atomic E-state index is 5.92. The highest BCUT2D eigenvalue weighted by Gasteiger charge is 2.11. The van der Waals surface area contributed by atoms with Crippen molar-refractivity contribution in [2.24, 2.45) is 0 Å². The minimum atomic E-state index is 0.279. The molecule has 3 rings (SSSR count). The fraction of sp³-hybridized carbons (Fsp3) is 0. The molecule has 7 nitrogen and oxygen atoms in total. The molecule has 0 saturated carbocycles. The summed E-state index contributed by atoms with van der Waals surface area (Å²) in [5.74, 6) is 0.773. The summed E-state index contributed by atoms with van der Waals surface area (Å²) in [5, 5.41) is 13.3. The summed E-state index contributed by atoms with van der Waals surface area (Å²) in [7, 11) is 0. The number of halogens is 1. The van der Waals surface area contributed by atoms with Crippen molar-refractivity contribution in [3.05, 3.63) is 17.7 Å². The molecule has 0 amide bonds. The number of H-pyrrole nitrogens is 2. The highest BCUT2D eigenvalue weighted by Crippen LogP contribution is 2.20. The molecule has 0 aliphatic carbocycles. The van der Waals surface area contributed by atoms with Crippen LogP contribution in [0.15, 0.2) is 12.5 Å². The Morgan fingerprint density at radius 1 is 1.07 bits per heavy atom. The first kappa shape index (κ1) is 8.30. The van der Waals surface area contributed by atoms with Crippen molar-refractivity contribution < 1.29 is 0 Å². The van der Waals surface area contributed by atoms with Gasteiger partial charge in [0, 0.05) is 6.20 Å². The lowest BCUT2D eigenvalue weighted by Gasteiger charge is -1.95. The second-order valence-electron chi connectivity index (χ2n) is 2.78. The Hall–Kier alpha value is -2.02. The van der Waals surface area contributed by atoms with E-state index in [2.05, 4.69) is 35.3 Å². The van der Waals surface area contributed by atoms with Gasteiger partial charge in [-0.1, -0.05) is 11.6 Å². The Balaban J connectivity index is 2.29. The summed E-state index contributed by atoms with van der Waals surface area (Å²) in [6.07, 6.45) is 3.09. The number of nitrogens with one attached hydrogen (secondary N) is 2. The summed E-state index contributed by atoms with van der Waals surface area (Å²) >= 11 is 5.92. The molecule has 0 saturated heterocycles. The van der Waals surface area contributed by atoms with Gasteiger partial charge in [-0.15, -0.1) is 0 Å². The smallest absolute Gasteiger partial charge is 0.218 e. The lowest BCUT2D eigenvalue weighted by molar-refractivity contribution is 1.07. The van der Waals surface area contributed by atoms with Crippen LogP contribution in [0.1, 0.15) is 0 Å². The second kappa shape index (κ2) is 2.99. The van der Waals surface area contributed by atoms with Crippen molar-refractivity contribution in [1.82, 2.24) is 35.3 Å². The number of nitrogens with zero attached hydrogens (tertiary/aromatic N) is 5. The number of rotatable bonds is 1. The van der Waals surface area contributed by atoms with Crippen LogP contribution >= 0.6 is 11.6 Å². The average Bonchev–Trinajstić information content (AvgIpc) is 2.88. The Morgan fingerprint density at radius 2 is 2.00 bits per heavy atom. The van der Waals surface area contributed by atoms with E-state index in [4.69, 9.17) is 11.6 Å². The molecule has 3 aromatic heterocycles. The molecular formula is C7H4ClN7. The van der Waals surface area contributed by atoms with Crippen LogP contribution in [-0.2, 0) is 0 Å². The molecule has 0 fully saturated rings. The monoisotopic (exact) mass is 221 g/mol. The molecule has 0 atom stereocenters. The van der Waals surface area contributed by atoms with E-state index in [0.717, 1.165) is 0 Å². The molecule has 8 heteroatoms. The third kappa shape index (κ3) is 1.24. The first-order valence-corrected chi connectivity index (χ1v) is 4.45. The van der Waals surface area contributed by atoms with E-state index in [1.165, 1.54) is 6.33 Å². The van der Waals surface area contributed by atoms with Gasteiger partial charge >= 0.3 is 0 Å². The Morgan fingerprint density at radius 3 is 2.80 bits per heavy atom. The summed E-state index contributed by atoms with van der Waals surface area (Å²) in [5.41, 5.74) is 1.17. The van der Waals surface area contributed by atoms with Gasteiger partial charge in [0.1, 0.15) is 17.4 Å². The topological polar surface area (TPSA) is 96.0 Å². The average molecular weight is 222 g/mol. The van der Waals surface area contributed by atoms with E-state index < -0.39 is 0 Å². The molecule has 0 aliphatic heterocycles. The van der Waals surface area contributed by atoms with Crippen molar-refractivity contribution in [2.45, 2.75) is 0 Å². The lowest BCUT2D eigenvalue weighted by Crippen LogP contribution is -1.92. The molecule has 0 aromatic carbocycles.